The van der Waals surface area contributed by atoms with Crippen molar-refractivity contribution in [2.45, 2.75) is 65.5 Å². The number of oxazole rings is 1. The van der Waals surface area contributed by atoms with Gasteiger partial charge in [0.05, 0.1) is 4.88 Å². The Kier molecular flexibility index (Phi) is 5.87. The zero-order valence-electron chi connectivity index (χ0n) is 18.9. The SMILES string of the molecule is Cc1oc(-c2cccs2)nc1COC(=O)CN1C(=O)NC2(CCC(C(C)(C)C)CC2)C1=O. The number of urea groups is 1. The van der Waals surface area contributed by atoms with Crippen molar-refractivity contribution in [1.82, 2.24) is 15.2 Å². The number of nitrogens with zero attached hydrogens (tertiary/aromatic N) is 2. The quantitative estimate of drug-likeness (QED) is 0.529. The minimum absolute atomic E-state index is 0.0817. The number of aryl methyl sites for hydroxylation is 1. The number of esters is 1. The molecule has 4 rings (SSSR count). The van der Waals surface area contributed by atoms with E-state index in [2.05, 4.69) is 31.1 Å². The van der Waals surface area contributed by atoms with Gasteiger partial charge in [0.15, 0.2) is 0 Å². The van der Waals surface area contributed by atoms with Crippen molar-refractivity contribution in [2.24, 2.45) is 11.3 Å². The molecule has 2 aliphatic rings. The Labute approximate surface area is 191 Å². The summed E-state index contributed by atoms with van der Waals surface area (Å²) in [5.74, 6) is 0.552. The largest absolute Gasteiger partial charge is 0.458 e. The molecule has 1 spiro atoms. The summed E-state index contributed by atoms with van der Waals surface area (Å²) in [4.78, 5) is 44.2. The van der Waals surface area contributed by atoms with E-state index in [1.807, 2.05) is 17.5 Å². The molecule has 1 aliphatic carbocycles. The van der Waals surface area contributed by atoms with E-state index in [0.29, 0.717) is 36.1 Å². The Bertz CT molecular complexity index is 1010. The number of aromatic nitrogens is 1. The van der Waals surface area contributed by atoms with Gasteiger partial charge in [-0.3, -0.25) is 14.5 Å². The van der Waals surface area contributed by atoms with Crippen LogP contribution < -0.4 is 5.32 Å². The highest BCUT2D eigenvalue weighted by molar-refractivity contribution is 7.13. The summed E-state index contributed by atoms with van der Waals surface area (Å²) < 4.78 is 10.9. The number of imide groups is 1. The van der Waals surface area contributed by atoms with Crippen molar-refractivity contribution in [3.05, 3.63) is 29.0 Å². The fourth-order valence-corrected chi connectivity index (χ4v) is 5.18. The number of carbonyl (C=O) groups is 3. The fraction of sp³-hybridized carbons (Fsp3) is 0.565. The highest BCUT2D eigenvalue weighted by atomic mass is 32.1. The topological polar surface area (TPSA) is 102 Å². The fourth-order valence-electron chi connectivity index (χ4n) is 4.53. The van der Waals surface area contributed by atoms with E-state index in [4.69, 9.17) is 9.15 Å². The molecule has 1 saturated carbocycles. The third-order valence-electron chi connectivity index (χ3n) is 6.59. The molecule has 1 saturated heterocycles. The molecule has 0 unspecified atom stereocenters. The second-order valence-electron chi connectivity index (χ2n) is 9.70. The Morgan fingerprint density at radius 3 is 2.69 bits per heavy atom. The van der Waals surface area contributed by atoms with Gasteiger partial charge < -0.3 is 14.5 Å². The van der Waals surface area contributed by atoms with Crippen molar-refractivity contribution >= 4 is 29.2 Å². The molecule has 172 valence electrons. The van der Waals surface area contributed by atoms with Crippen LogP contribution in [-0.2, 0) is 20.9 Å². The molecule has 3 heterocycles. The van der Waals surface area contributed by atoms with E-state index in [1.54, 1.807) is 6.92 Å². The van der Waals surface area contributed by atoms with E-state index < -0.39 is 24.1 Å². The van der Waals surface area contributed by atoms with Crippen LogP contribution in [0.25, 0.3) is 10.8 Å². The van der Waals surface area contributed by atoms with Gasteiger partial charge in [0.1, 0.15) is 30.1 Å². The van der Waals surface area contributed by atoms with Crippen LogP contribution in [0.1, 0.15) is 57.9 Å². The third kappa shape index (κ3) is 4.30. The van der Waals surface area contributed by atoms with Crippen molar-refractivity contribution in [2.75, 3.05) is 6.54 Å². The molecule has 0 aromatic carbocycles. The molecule has 0 radical (unpaired) electrons. The van der Waals surface area contributed by atoms with Crippen LogP contribution in [0.5, 0.6) is 0 Å². The lowest BCUT2D eigenvalue weighted by molar-refractivity contribution is -0.149. The maximum Gasteiger partial charge on any atom is 0.326 e. The lowest BCUT2D eigenvalue weighted by Crippen LogP contribution is -2.50. The lowest BCUT2D eigenvalue weighted by Gasteiger charge is -2.40. The number of carbonyl (C=O) groups excluding carboxylic acids is 3. The van der Waals surface area contributed by atoms with Gasteiger partial charge in [-0.05, 0) is 55.4 Å². The maximum absolute atomic E-state index is 13.1. The van der Waals surface area contributed by atoms with Gasteiger partial charge >= 0.3 is 12.0 Å². The van der Waals surface area contributed by atoms with Gasteiger partial charge in [0.2, 0.25) is 5.89 Å². The first kappa shape index (κ1) is 22.5. The van der Waals surface area contributed by atoms with Gasteiger partial charge in [-0.15, -0.1) is 11.3 Å². The Morgan fingerprint density at radius 1 is 1.34 bits per heavy atom. The van der Waals surface area contributed by atoms with Crippen molar-refractivity contribution in [1.29, 1.82) is 0 Å². The summed E-state index contributed by atoms with van der Waals surface area (Å²) in [7, 11) is 0. The first-order valence-corrected chi connectivity index (χ1v) is 11.8. The van der Waals surface area contributed by atoms with Gasteiger partial charge in [0, 0.05) is 0 Å². The second kappa shape index (κ2) is 8.35. The zero-order valence-corrected chi connectivity index (χ0v) is 19.7. The molecule has 1 N–H and O–H groups in total. The van der Waals surface area contributed by atoms with E-state index >= 15 is 0 Å². The number of amides is 3. The van der Waals surface area contributed by atoms with Crippen LogP contribution in [0.15, 0.2) is 21.9 Å². The molecule has 2 aromatic rings. The Morgan fingerprint density at radius 2 is 2.06 bits per heavy atom. The van der Waals surface area contributed by atoms with Crippen LogP contribution in [0.2, 0.25) is 0 Å². The van der Waals surface area contributed by atoms with Crippen LogP contribution >= 0.6 is 11.3 Å². The van der Waals surface area contributed by atoms with Gasteiger partial charge in [-0.25, -0.2) is 9.78 Å². The normalized spacial score (nSPS) is 23.6. The second-order valence-corrected chi connectivity index (χ2v) is 10.7. The molecule has 0 atom stereocenters. The van der Waals surface area contributed by atoms with E-state index in [0.717, 1.165) is 22.6 Å². The number of hydrogen-bond acceptors (Lipinski definition) is 7. The number of nitrogens with one attached hydrogen (secondary N) is 1. The molecule has 2 fully saturated rings. The highest BCUT2D eigenvalue weighted by Gasteiger charge is 2.53. The minimum atomic E-state index is -0.891. The van der Waals surface area contributed by atoms with E-state index in [1.165, 1.54) is 11.3 Å². The molecule has 0 bridgehead atoms. The summed E-state index contributed by atoms with van der Waals surface area (Å²) in [6.07, 6.45) is 2.92. The zero-order chi connectivity index (χ0) is 23.1. The predicted octanol–water partition coefficient (Wildman–Crippen LogP) is 4.28. The van der Waals surface area contributed by atoms with Crippen LogP contribution in [0.3, 0.4) is 0 Å². The van der Waals surface area contributed by atoms with Crippen LogP contribution in [-0.4, -0.2) is 39.9 Å². The number of ether oxygens (including phenoxy) is 1. The summed E-state index contributed by atoms with van der Waals surface area (Å²) in [5.41, 5.74) is -0.215. The molecule has 3 amide bonds. The Balaban J connectivity index is 1.34. The molecule has 8 nitrogen and oxygen atoms in total. The molecule has 1 aliphatic heterocycles. The minimum Gasteiger partial charge on any atom is -0.458 e. The maximum atomic E-state index is 13.1. The highest BCUT2D eigenvalue weighted by Crippen LogP contribution is 2.43. The van der Waals surface area contributed by atoms with Crippen LogP contribution in [0.4, 0.5) is 4.79 Å². The van der Waals surface area contributed by atoms with Crippen molar-refractivity contribution in [3.8, 4) is 10.8 Å². The summed E-state index contributed by atoms with van der Waals surface area (Å²) in [6.45, 7) is 7.86. The van der Waals surface area contributed by atoms with Gasteiger partial charge in [-0.1, -0.05) is 26.8 Å². The average molecular weight is 460 g/mol. The molecule has 2 aromatic heterocycles. The smallest absolute Gasteiger partial charge is 0.326 e. The summed E-state index contributed by atoms with van der Waals surface area (Å²) in [5, 5.41) is 4.78. The summed E-state index contributed by atoms with van der Waals surface area (Å²) in [6, 6.07) is 3.27. The molecule has 32 heavy (non-hydrogen) atoms. The summed E-state index contributed by atoms with van der Waals surface area (Å²) >= 11 is 1.50. The first-order valence-electron chi connectivity index (χ1n) is 10.9. The van der Waals surface area contributed by atoms with Crippen LogP contribution in [0, 0.1) is 18.3 Å². The number of hydrogen-bond donors (Lipinski definition) is 1. The average Bonchev–Trinajstić information content (AvgIpc) is 3.43. The monoisotopic (exact) mass is 459 g/mol. The van der Waals surface area contributed by atoms with Gasteiger partial charge in [0.25, 0.3) is 5.91 Å². The number of rotatable bonds is 5. The predicted molar refractivity (Wildman–Crippen MR) is 119 cm³/mol. The molecular formula is C23H29N3O5S. The van der Waals surface area contributed by atoms with Gasteiger partial charge in [-0.2, -0.15) is 0 Å². The third-order valence-corrected chi connectivity index (χ3v) is 7.45. The van der Waals surface area contributed by atoms with E-state index in [9.17, 15) is 14.4 Å². The first-order chi connectivity index (χ1) is 15.1. The Hall–Kier alpha value is -2.68. The molecule has 9 heteroatoms. The lowest BCUT2D eigenvalue weighted by atomic mass is 9.67. The standard InChI is InChI=1S/C23H29N3O5S/c1-14-16(24-19(31-14)17-6-5-11-32-17)13-30-18(27)12-26-20(28)23(25-21(26)29)9-7-15(8-10-23)22(2,3)4/h5-6,11,15H,7-10,12-13H2,1-4H3,(H,25,29). The molecular weight excluding hydrogens is 430 g/mol. The van der Waals surface area contributed by atoms with Crippen molar-refractivity contribution in [3.63, 3.8) is 0 Å². The van der Waals surface area contributed by atoms with E-state index in [-0.39, 0.29) is 17.9 Å². The van der Waals surface area contributed by atoms with Crippen molar-refractivity contribution < 1.29 is 23.5 Å². The number of thiophene rings is 1.